The average molecular weight is 407 g/mol. The Morgan fingerprint density at radius 3 is 2.59 bits per heavy atom. The van der Waals surface area contributed by atoms with Gasteiger partial charge in [-0.1, -0.05) is 12.1 Å². The quantitative estimate of drug-likeness (QED) is 0.828. The number of benzene rings is 1. The van der Waals surface area contributed by atoms with Crippen molar-refractivity contribution in [1.29, 1.82) is 0 Å². The van der Waals surface area contributed by atoms with Crippen molar-refractivity contribution in [2.24, 2.45) is 7.05 Å². The first kappa shape index (κ1) is 20.6. The number of carbonyl (C=O) groups is 2. The molecular weight excluding hydrogens is 387 g/mol. The Labute approximate surface area is 164 Å². The number of likely N-dealkylation sites (tertiary alicyclic amines) is 1. The first-order valence-corrected chi connectivity index (χ1v) is 9.07. The van der Waals surface area contributed by atoms with Crippen LogP contribution in [0.25, 0.3) is 0 Å². The predicted octanol–water partition coefficient (Wildman–Crippen LogP) is 2.50. The third-order valence-electron chi connectivity index (χ3n) is 4.86. The van der Waals surface area contributed by atoms with E-state index >= 15 is 0 Å². The van der Waals surface area contributed by atoms with E-state index in [9.17, 15) is 27.6 Å². The van der Waals surface area contributed by atoms with E-state index in [2.05, 4.69) is 5.32 Å². The highest BCUT2D eigenvalue weighted by atomic mass is 19.4. The maximum absolute atomic E-state index is 13.1. The molecule has 1 N–H and O–H groups in total. The van der Waals surface area contributed by atoms with E-state index < -0.39 is 23.7 Å². The van der Waals surface area contributed by atoms with Crippen molar-refractivity contribution in [3.05, 3.63) is 69.6 Å². The molecule has 1 aliphatic rings. The molecule has 1 fully saturated rings. The van der Waals surface area contributed by atoms with Crippen LogP contribution < -0.4 is 10.9 Å². The molecule has 2 heterocycles. The Bertz CT molecular complexity index is 985. The second-order valence-electron chi connectivity index (χ2n) is 6.96. The second-order valence-corrected chi connectivity index (χ2v) is 6.96. The van der Waals surface area contributed by atoms with Crippen LogP contribution in [0.1, 0.15) is 40.4 Å². The van der Waals surface area contributed by atoms with Gasteiger partial charge in [0.25, 0.3) is 11.5 Å². The highest BCUT2D eigenvalue weighted by Gasteiger charge is 2.32. The number of aryl methyl sites for hydroxylation is 1. The lowest BCUT2D eigenvalue weighted by Gasteiger charge is -2.26. The first-order chi connectivity index (χ1) is 13.6. The summed E-state index contributed by atoms with van der Waals surface area (Å²) in [7, 11) is 1.54. The fourth-order valence-corrected chi connectivity index (χ4v) is 3.21. The molecule has 154 valence electrons. The third-order valence-corrected chi connectivity index (χ3v) is 4.86. The zero-order valence-electron chi connectivity index (χ0n) is 15.7. The Balaban J connectivity index is 1.90. The van der Waals surface area contributed by atoms with Gasteiger partial charge < -0.3 is 14.8 Å². The van der Waals surface area contributed by atoms with Crippen molar-refractivity contribution in [3.8, 4) is 0 Å². The minimum Gasteiger partial charge on any atom is -0.343 e. The van der Waals surface area contributed by atoms with Crippen LogP contribution in [-0.4, -0.2) is 34.4 Å². The van der Waals surface area contributed by atoms with E-state index in [4.69, 9.17) is 0 Å². The van der Waals surface area contributed by atoms with Crippen LogP contribution in [-0.2, 0) is 18.0 Å². The number of nitrogens with zero attached hydrogens (tertiary/aromatic N) is 2. The molecule has 0 saturated carbocycles. The molecule has 1 aromatic carbocycles. The zero-order chi connectivity index (χ0) is 21.2. The number of halogens is 3. The molecular formula is C20H20F3N3O3. The van der Waals surface area contributed by atoms with Crippen LogP contribution in [0.15, 0.2) is 47.4 Å². The van der Waals surface area contributed by atoms with Gasteiger partial charge in [-0.3, -0.25) is 14.4 Å². The molecule has 1 atom stereocenters. The fraction of sp³-hybridized carbons (Fsp3) is 0.350. The van der Waals surface area contributed by atoms with Gasteiger partial charge in [0.05, 0.1) is 11.6 Å². The van der Waals surface area contributed by atoms with Crippen molar-refractivity contribution in [2.75, 3.05) is 13.1 Å². The van der Waals surface area contributed by atoms with Crippen molar-refractivity contribution in [2.45, 2.75) is 25.1 Å². The van der Waals surface area contributed by atoms with Gasteiger partial charge in [-0.2, -0.15) is 13.2 Å². The largest absolute Gasteiger partial charge is 0.416 e. The molecule has 0 bridgehead atoms. The van der Waals surface area contributed by atoms with Gasteiger partial charge in [-0.25, -0.2) is 0 Å². The van der Waals surface area contributed by atoms with Crippen molar-refractivity contribution in [3.63, 3.8) is 0 Å². The number of hydrogen-bond donors (Lipinski definition) is 1. The summed E-state index contributed by atoms with van der Waals surface area (Å²) in [4.78, 5) is 37.9. The molecule has 6 nitrogen and oxygen atoms in total. The van der Waals surface area contributed by atoms with Gasteiger partial charge in [0, 0.05) is 44.4 Å². The van der Waals surface area contributed by atoms with Crippen LogP contribution >= 0.6 is 0 Å². The number of amides is 2. The lowest BCUT2D eigenvalue weighted by Crippen LogP contribution is -2.39. The van der Waals surface area contributed by atoms with E-state index in [1.165, 1.54) is 40.9 Å². The van der Waals surface area contributed by atoms with Crippen LogP contribution in [0, 0.1) is 0 Å². The molecule has 0 radical (unpaired) electrons. The van der Waals surface area contributed by atoms with Crippen molar-refractivity contribution < 1.29 is 22.8 Å². The smallest absolute Gasteiger partial charge is 0.343 e. The third kappa shape index (κ3) is 4.85. The van der Waals surface area contributed by atoms with Crippen LogP contribution in [0.4, 0.5) is 13.2 Å². The lowest BCUT2D eigenvalue weighted by atomic mass is 10.0. The van der Waals surface area contributed by atoms with Gasteiger partial charge in [0.1, 0.15) is 0 Å². The van der Waals surface area contributed by atoms with Crippen molar-refractivity contribution in [1.82, 2.24) is 14.8 Å². The fourth-order valence-electron chi connectivity index (χ4n) is 3.21. The summed E-state index contributed by atoms with van der Waals surface area (Å²) >= 11 is 0. The summed E-state index contributed by atoms with van der Waals surface area (Å²) in [5, 5.41) is 2.67. The van der Waals surface area contributed by atoms with E-state index in [0.29, 0.717) is 19.4 Å². The minimum absolute atomic E-state index is 0.0523. The van der Waals surface area contributed by atoms with Gasteiger partial charge in [-0.05, 0) is 30.2 Å². The van der Waals surface area contributed by atoms with Crippen molar-refractivity contribution >= 4 is 11.8 Å². The lowest BCUT2D eigenvalue weighted by molar-refractivity contribution is -0.137. The van der Waals surface area contributed by atoms with Gasteiger partial charge in [0.2, 0.25) is 5.91 Å². The molecule has 1 aromatic heterocycles. The second kappa shape index (κ2) is 8.10. The van der Waals surface area contributed by atoms with E-state index in [1.54, 1.807) is 0 Å². The highest BCUT2D eigenvalue weighted by molar-refractivity contribution is 5.94. The molecule has 1 unspecified atom stereocenters. The van der Waals surface area contributed by atoms with Gasteiger partial charge in [-0.15, -0.1) is 0 Å². The maximum atomic E-state index is 13.1. The van der Waals surface area contributed by atoms with Gasteiger partial charge >= 0.3 is 6.18 Å². The number of aromatic nitrogens is 1. The molecule has 29 heavy (non-hydrogen) atoms. The standard InChI is InChI=1S/C20H20F3N3O3/c1-25-9-7-14(11-18(25)28)19(29)24-16(12-26-8-3-6-17(26)27)13-4-2-5-15(10-13)20(21,22)23/h2,4-5,7,9-11,16H,3,6,8,12H2,1H3,(H,24,29). The molecule has 2 aromatic rings. The number of alkyl halides is 3. The molecule has 3 rings (SSSR count). The topological polar surface area (TPSA) is 71.4 Å². The summed E-state index contributed by atoms with van der Waals surface area (Å²) in [6.07, 6.45) is -2.06. The monoisotopic (exact) mass is 407 g/mol. The minimum atomic E-state index is -4.53. The molecule has 0 spiro atoms. The number of rotatable bonds is 5. The zero-order valence-corrected chi connectivity index (χ0v) is 15.7. The average Bonchev–Trinajstić information content (AvgIpc) is 3.07. The van der Waals surface area contributed by atoms with Crippen LogP contribution in [0.2, 0.25) is 0 Å². The predicted molar refractivity (Wildman–Crippen MR) is 99.1 cm³/mol. The van der Waals surface area contributed by atoms with E-state index in [1.807, 2.05) is 0 Å². The highest BCUT2D eigenvalue weighted by Crippen LogP contribution is 2.31. The number of nitrogens with one attached hydrogen (secondary N) is 1. The summed E-state index contributed by atoms with van der Waals surface area (Å²) in [5.74, 6) is -0.707. The molecule has 0 aliphatic carbocycles. The van der Waals surface area contributed by atoms with Crippen LogP contribution in [0.3, 0.4) is 0 Å². The molecule has 1 saturated heterocycles. The van der Waals surface area contributed by atoms with Gasteiger partial charge in [0.15, 0.2) is 0 Å². The number of carbonyl (C=O) groups excluding carboxylic acids is 2. The SMILES string of the molecule is Cn1ccc(C(=O)NC(CN2CCCC2=O)c2cccc(C(F)(F)F)c2)cc1=O. The molecule has 2 amide bonds. The Hall–Kier alpha value is -3.10. The normalized spacial score (nSPS) is 15.4. The Morgan fingerprint density at radius 1 is 1.21 bits per heavy atom. The summed E-state index contributed by atoms with van der Waals surface area (Å²) in [6.45, 7) is 0.534. The van der Waals surface area contributed by atoms with E-state index in [-0.39, 0.29) is 29.1 Å². The first-order valence-electron chi connectivity index (χ1n) is 9.07. The van der Waals surface area contributed by atoms with E-state index in [0.717, 1.165) is 18.2 Å². The summed E-state index contributed by atoms with van der Waals surface area (Å²) in [5.41, 5.74) is -0.895. The molecule has 9 heteroatoms. The number of hydrogen-bond acceptors (Lipinski definition) is 3. The summed E-state index contributed by atoms with van der Waals surface area (Å²) in [6, 6.07) is 6.41. The Morgan fingerprint density at radius 2 is 1.97 bits per heavy atom. The maximum Gasteiger partial charge on any atom is 0.416 e. The van der Waals surface area contributed by atoms with Crippen LogP contribution in [0.5, 0.6) is 0 Å². The summed E-state index contributed by atoms with van der Waals surface area (Å²) < 4.78 is 40.7. The Kier molecular flexibility index (Phi) is 5.76. The molecule has 1 aliphatic heterocycles. The number of pyridine rings is 1.